The van der Waals surface area contributed by atoms with Crippen molar-refractivity contribution in [1.82, 2.24) is 0 Å². The number of hydrogen-bond acceptors (Lipinski definition) is 1. The molecular formula is C13H11FS. The Hall–Kier alpha value is -1.28. The van der Waals surface area contributed by atoms with Crippen molar-refractivity contribution < 1.29 is 4.39 Å². The van der Waals surface area contributed by atoms with E-state index in [1.807, 2.05) is 42.5 Å². The predicted octanol–water partition coefficient (Wildman–Crippen LogP) is 4.31. The van der Waals surface area contributed by atoms with Crippen LogP contribution in [0.4, 0.5) is 4.39 Å². The third-order valence-electron chi connectivity index (χ3n) is 2.06. The molecule has 0 aliphatic heterocycles. The second kappa shape index (κ2) is 4.99. The maximum atomic E-state index is 12.3. The molecular weight excluding hydrogens is 207 g/mol. The summed E-state index contributed by atoms with van der Waals surface area (Å²) in [5.74, 6) is 0. The summed E-state index contributed by atoms with van der Waals surface area (Å²) in [5.41, 5.74) is 0.729. The number of alkyl halides is 1. The molecule has 0 amide bonds. The van der Waals surface area contributed by atoms with E-state index in [1.165, 1.54) is 4.90 Å². The van der Waals surface area contributed by atoms with Crippen LogP contribution in [0.2, 0.25) is 0 Å². The van der Waals surface area contributed by atoms with Crippen molar-refractivity contribution in [3.63, 3.8) is 0 Å². The van der Waals surface area contributed by atoms with Crippen LogP contribution in [0.3, 0.4) is 0 Å². The molecule has 0 aliphatic carbocycles. The summed E-state index contributed by atoms with van der Waals surface area (Å²) in [6, 6.07) is 17.7. The third-order valence-corrected chi connectivity index (χ3v) is 3.07. The molecule has 0 atom stereocenters. The Balaban J connectivity index is 2.11. The SMILES string of the molecule is FCc1ccc(Sc2ccccc2)cc1. The minimum absolute atomic E-state index is 0.393. The molecule has 0 bridgehead atoms. The zero-order valence-corrected chi connectivity index (χ0v) is 9.01. The third kappa shape index (κ3) is 2.83. The van der Waals surface area contributed by atoms with Crippen LogP contribution in [0, 0.1) is 0 Å². The van der Waals surface area contributed by atoms with E-state index in [0.29, 0.717) is 0 Å². The van der Waals surface area contributed by atoms with Gasteiger partial charge < -0.3 is 0 Å². The van der Waals surface area contributed by atoms with Crippen molar-refractivity contribution in [2.45, 2.75) is 16.5 Å². The largest absolute Gasteiger partial charge is 0.246 e. The Bertz CT molecular complexity index is 408. The van der Waals surface area contributed by atoms with Crippen LogP contribution in [-0.2, 0) is 6.67 Å². The van der Waals surface area contributed by atoms with Gasteiger partial charge in [-0.15, -0.1) is 0 Å². The van der Waals surface area contributed by atoms with E-state index >= 15 is 0 Å². The van der Waals surface area contributed by atoms with Gasteiger partial charge in [-0.1, -0.05) is 42.1 Å². The van der Waals surface area contributed by atoms with E-state index in [-0.39, 0.29) is 0 Å². The molecule has 0 saturated carbocycles. The lowest BCUT2D eigenvalue weighted by molar-refractivity contribution is 0.485. The van der Waals surface area contributed by atoms with Crippen LogP contribution >= 0.6 is 11.8 Å². The van der Waals surface area contributed by atoms with E-state index in [0.717, 1.165) is 10.5 Å². The van der Waals surface area contributed by atoms with Crippen molar-refractivity contribution in [3.8, 4) is 0 Å². The number of hydrogen-bond donors (Lipinski definition) is 0. The first-order valence-electron chi connectivity index (χ1n) is 4.76. The fourth-order valence-electron chi connectivity index (χ4n) is 1.27. The van der Waals surface area contributed by atoms with Crippen LogP contribution in [0.1, 0.15) is 5.56 Å². The highest BCUT2D eigenvalue weighted by Gasteiger charge is 1.96. The fraction of sp³-hybridized carbons (Fsp3) is 0.0769. The summed E-state index contributed by atoms with van der Waals surface area (Å²) in [6.45, 7) is -0.393. The zero-order valence-electron chi connectivity index (χ0n) is 8.19. The number of halogens is 1. The van der Waals surface area contributed by atoms with Gasteiger partial charge in [-0.05, 0) is 29.8 Å². The summed E-state index contributed by atoms with van der Waals surface area (Å²) >= 11 is 1.68. The van der Waals surface area contributed by atoms with Crippen molar-refractivity contribution >= 4 is 11.8 Å². The summed E-state index contributed by atoms with van der Waals surface area (Å²) in [6.07, 6.45) is 0. The smallest absolute Gasteiger partial charge is 0.115 e. The standard InChI is InChI=1S/C13H11FS/c14-10-11-6-8-13(9-7-11)15-12-4-2-1-3-5-12/h1-9H,10H2. The van der Waals surface area contributed by atoms with E-state index in [4.69, 9.17) is 0 Å². The highest BCUT2D eigenvalue weighted by atomic mass is 32.2. The molecule has 0 heterocycles. The van der Waals surface area contributed by atoms with Crippen LogP contribution in [0.5, 0.6) is 0 Å². The van der Waals surface area contributed by atoms with E-state index in [2.05, 4.69) is 12.1 Å². The van der Waals surface area contributed by atoms with Gasteiger partial charge in [0.25, 0.3) is 0 Å². The number of rotatable bonds is 3. The molecule has 0 aliphatic rings. The van der Waals surface area contributed by atoms with Gasteiger partial charge in [-0.25, -0.2) is 4.39 Å². The second-order valence-electron chi connectivity index (χ2n) is 3.19. The van der Waals surface area contributed by atoms with E-state index < -0.39 is 6.67 Å². The monoisotopic (exact) mass is 218 g/mol. The Kier molecular flexibility index (Phi) is 3.41. The molecule has 2 rings (SSSR count). The highest BCUT2D eigenvalue weighted by molar-refractivity contribution is 7.99. The molecule has 0 spiro atoms. The highest BCUT2D eigenvalue weighted by Crippen LogP contribution is 2.27. The van der Waals surface area contributed by atoms with Gasteiger partial charge >= 0.3 is 0 Å². The summed E-state index contributed by atoms with van der Waals surface area (Å²) in [7, 11) is 0. The molecule has 2 aromatic rings. The lowest BCUT2D eigenvalue weighted by Crippen LogP contribution is -1.78. The van der Waals surface area contributed by atoms with Gasteiger partial charge in [0.15, 0.2) is 0 Å². The molecule has 0 unspecified atom stereocenters. The molecule has 0 radical (unpaired) electrons. The van der Waals surface area contributed by atoms with Gasteiger partial charge in [0.05, 0.1) is 0 Å². The molecule has 2 aromatic carbocycles. The topological polar surface area (TPSA) is 0 Å². The molecule has 0 fully saturated rings. The molecule has 2 heteroatoms. The first kappa shape index (κ1) is 10.2. The van der Waals surface area contributed by atoms with E-state index in [9.17, 15) is 4.39 Å². The van der Waals surface area contributed by atoms with Gasteiger partial charge in [0.1, 0.15) is 6.67 Å². The minimum Gasteiger partial charge on any atom is -0.246 e. The van der Waals surface area contributed by atoms with Crippen LogP contribution in [0.15, 0.2) is 64.4 Å². The molecule has 0 saturated heterocycles. The molecule has 76 valence electrons. The van der Waals surface area contributed by atoms with Gasteiger partial charge in [-0.3, -0.25) is 0 Å². The first-order valence-corrected chi connectivity index (χ1v) is 5.58. The quantitative estimate of drug-likeness (QED) is 0.739. The second-order valence-corrected chi connectivity index (χ2v) is 4.34. The van der Waals surface area contributed by atoms with Crippen molar-refractivity contribution in [2.24, 2.45) is 0 Å². The first-order chi connectivity index (χ1) is 7.38. The van der Waals surface area contributed by atoms with Crippen LogP contribution < -0.4 is 0 Å². The van der Waals surface area contributed by atoms with Gasteiger partial charge in [0.2, 0.25) is 0 Å². The molecule has 15 heavy (non-hydrogen) atoms. The van der Waals surface area contributed by atoms with Crippen molar-refractivity contribution in [1.29, 1.82) is 0 Å². The summed E-state index contributed by atoms with van der Waals surface area (Å²) in [5, 5.41) is 0. The van der Waals surface area contributed by atoms with Crippen LogP contribution in [0.25, 0.3) is 0 Å². The normalized spacial score (nSPS) is 10.2. The maximum Gasteiger partial charge on any atom is 0.115 e. The van der Waals surface area contributed by atoms with Crippen molar-refractivity contribution in [3.05, 3.63) is 60.2 Å². The Labute approximate surface area is 93.1 Å². The average Bonchev–Trinajstić information content (AvgIpc) is 2.31. The van der Waals surface area contributed by atoms with Crippen molar-refractivity contribution in [2.75, 3.05) is 0 Å². The van der Waals surface area contributed by atoms with Crippen LogP contribution in [-0.4, -0.2) is 0 Å². The molecule has 0 N–H and O–H groups in total. The fourth-order valence-corrected chi connectivity index (χ4v) is 2.11. The zero-order chi connectivity index (χ0) is 10.5. The summed E-state index contributed by atoms with van der Waals surface area (Å²) < 4.78 is 12.3. The van der Waals surface area contributed by atoms with Gasteiger partial charge in [-0.2, -0.15) is 0 Å². The Morgan fingerprint density at radius 2 is 1.40 bits per heavy atom. The maximum absolute atomic E-state index is 12.3. The average molecular weight is 218 g/mol. The Morgan fingerprint density at radius 1 is 0.800 bits per heavy atom. The molecule has 0 nitrogen and oxygen atoms in total. The Morgan fingerprint density at radius 3 is 2.00 bits per heavy atom. The lowest BCUT2D eigenvalue weighted by Gasteiger charge is -2.01. The summed E-state index contributed by atoms with van der Waals surface area (Å²) in [4.78, 5) is 2.34. The van der Waals surface area contributed by atoms with E-state index in [1.54, 1.807) is 11.8 Å². The minimum atomic E-state index is -0.393. The lowest BCUT2D eigenvalue weighted by atomic mass is 10.2. The predicted molar refractivity (Wildman–Crippen MR) is 61.8 cm³/mol. The number of benzene rings is 2. The molecule has 0 aromatic heterocycles. The van der Waals surface area contributed by atoms with Gasteiger partial charge in [0, 0.05) is 9.79 Å².